The first-order chi connectivity index (χ1) is 13.3. The molecule has 4 rings (SSSR count). The molecule has 3 fully saturated rings. The number of carbonyl (C=O) groups is 2. The van der Waals surface area contributed by atoms with Gasteiger partial charge in [0, 0.05) is 16.2 Å². The van der Waals surface area contributed by atoms with Crippen LogP contribution in [-0.4, -0.2) is 45.0 Å². The van der Waals surface area contributed by atoms with E-state index in [-0.39, 0.29) is 29.9 Å². The molecule has 6 heteroatoms. The van der Waals surface area contributed by atoms with E-state index in [1.54, 1.807) is 13.0 Å². The van der Waals surface area contributed by atoms with E-state index in [1.165, 1.54) is 12.2 Å². The van der Waals surface area contributed by atoms with Crippen LogP contribution in [0.5, 0.6) is 0 Å². The zero-order chi connectivity index (χ0) is 21.6. The lowest BCUT2D eigenvalue weighted by Gasteiger charge is -2.67. The molecule has 160 valence electrons. The predicted molar refractivity (Wildman–Crippen MR) is 108 cm³/mol. The van der Waals surface area contributed by atoms with Crippen LogP contribution >= 0.6 is 11.6 Å². The lowest BCUT2D eigenvalue weighted by atomic mass is 9.39. The number of ketones is 2. The van der Waals surface area contributed by atoms with Gasteiger partial charge in [0.05, 0.1) is 12.0 Å². The average molecular weight is 425 g/mol. The van der Waals surface area contributed by atoms with Gasteiger partial charge in [0.2, 0.25) is 0 Å². The van der Waals surface area contributed by atoms with Crippen LogP contribution in [-0.2, 0) is 9.59 Å². The van der Waals surface area contributed by atoms with Gasteiger partial charge in [0.1, 0.15) is 5.60 Å². The van der Waals surface area contributed by atoms with Crippen molar-refractivity contribution < 1.29 is 24.2 Å². The highest BCUT2D eigenvalue weighted by molar-refractivity contribution is 6.29. The van der Waals surface area contributed by atoms with Crippen molar-refractivity contribution in [2.24, 2.45) is 28.1 Å². The Morgan fingerprint density at radius 3 is 2.59 bits per heavy atom. The van der Waals surface area contributed by atoms with Crippen LogP contribution in [0.3, 0.4) is 0 Å². The van der Waals surface area contributed by atoms with Gasteiger partial charge in [0.15, 0.2) is 17.2 Å². The number of hydrogen-bond donors (Lipinski definition) is 2. The molecule has 4 aliphatic carbocycles. The summed E-state index contributed by atoms with van der Waals surface area (Å²) >= 11 is 5.85. The Labute approximate surface area is 176 Å². The fourth-order valence-corrected chi connectivity index (χ4v) is 8.05. The van der Waals surface area contributed by atoms with Gasteiger partial charge in [-0.25, -0.2) is 4.39 Å². The van der Waals surface area contributed by atoms with E-state index in [1.807, 2.05) is 20.8 Å². The molecule has 0 aromatic carbocycles. The van der Waals surface area contributed by atoms with Gasteiger partial charge in [-0.2, -0.15) is 0 Å². The van der Waals surface area contributed by atoms with Crippen molar-refractivity contribution in [2.75, 3.05) is 5.88 Å². The minimum atomic E-state index is -2.01. The number of aliphatic hydroxyl groups is 2. The highest BCUT2D eigenvalue weighted by Gasteiger charge is 2.79. The Hall–Kier alpha value is -1.04. The number of hydrogen-bond acceptors (Lipinski definition) is 4. The summed E-state index contributed by atoms with van der Waals surface area (Å²) in [5.41, 5.74) is -6.05. The van der Waals surface area contributed by atoms with E-state index in [0.717, 1.165) is 0 Å². The lowest BCUT2D eigenvalue weighted by molar-refractivity contribution is -0.254. The van der Waals surface area contributed by atoms with Crippen LogP contribution in [0, 0.1) is 28.1 Å². The summed E-state index contributed by atoms with van der Waals surface area (Å²) in [7, 11) is 0. The molecule has 29 heavy (non-hydrogen) atoms. The van der Waals surface area contributed by atoms with Crippen LogP contribution in [0.15, 0.2) is 23.8 Å². The second-order valence-electron chi connectivity index (χ2n) is 10.4. The summed E-state index contributed by atoms with van der Waals surface area (Å²) in [5.74, 6) is -1.61. The first-order valence-electron chi connectivity index (χ1n) is 10.5. The maximum Gasteiger partial charge on any atom is 0.179 e. The van der Waals surface area contributed by atoms with E-state index in [9.17, 15) is 19.8 Å². The van der Waals surface area contributed by atoms with Gasteiger partial charge in [-0.1, -0.05) is 32.4 Å². The smallest absolute Gasteiger partial charge is 0.179 e. The molecule has 0 heterocycles. The number of allylic oxidation sites excluding steroid dienone is 4. The van der Waals surface area contributed by atoms with Crippen LogP contribution in [0.1, 0.15) is 53.4 Å². The van der Waals surface area contributed by atoms with Crippen molar-refractivity contribution in [1.29, 1.82) is 0 Å². The molecule has 0 saturated heterocycles. The number of rotatable bonds is 2. The van der Waals surface area contributed by atoms with Gasteiger partial charge in [-0.15, -0.1) is 11.6 Å². The van der Waals surface area contributed by atoms with Crippen molar-refractivity contribution in [1.82, 2.24) is 0 Å². The summed E-state index contributed by atoms with van der Waals surface area (Å²) in [6.07, 6.45) is 4.57. The normalized spacial score (nSPS) is 53.7. The van der Waals surface area contributed by atoms with Gasteiger partial charge < -0.3 is 10.2 Å². The highest BCUT2D eigenvalue weighted by Crippen LogP contribution is 2.75. The van der Waals surface area contributed by atoms with E-state index in [2.05, 4.69) is 0 Å². The third-order valence-corrected chi connectivity index (χ3v) is 9.64. The minimum absolute atomic E-state index is 0.0299. The summed E-state index contributed by atoms with van der Waals surface area (Å²) in [4.78, 5) is 24.7. The molecule has 0 aromatic rings. The van der Waals surface area contributed by atoms with Crippen molar-refractivity contribution in [3.8, 4) is 0 Å². The summed E-state index contributed by atoms with van der Waals surface area (Å²) in [5, 5.41) is 22.9. The van der Waals surface area contributed by atoms with E-state index in [0.29, 0.717) is 24.8 Å². The van der Waals surface area contributed by atoms with Crippen LogP contribution in [0.4, 0.5) is 4.39 Å². The van der Waals surface area contributed by atoms with Crippen molar-refractivity contribution in [3.05, 3.63) is 23.8 Å². The molecule has 4 aliphatic rings. The Morgan fingerprint density at radius 1 is 1.31 bits per heavy atom. The topological polar surface area (TPSA) is 74.6 Å². The van der Waals surface area contributed by atoms with Gasteiger partial charge in [-0.3, -0.25) is 9.59 Å². The summed E-state index contributed by atoms with van der Waals surface area (Å²) in [6, 6.07) is 0. The molecule has 0 aliphatic heterocycles. The molecule has 8 atom stereocenters. The Bertz CT molecular complexity index is 854. The number of halogens is 2. The van der Waals surface area contributed by atoms with E-state index < -0.39 is 39.4 Å². The van der Waals surface area contributed by atoms with Gasteiger partial charge in [0.25, 0.3) is 0 Å². The van der Waals surface area contributed by atoms with E-state index >= 15 is 4.39 Å². The van der Waals surface area contributed by atoms with Crippen LogP contribution in [0.2, 0.25) is 0 Å². The number of Topliss-reactive ketones (excluding diaryl/α,β-unsaturated/α-hetero) is 1. The third-order valence-electron chi connectivity index (χ3n) is 9.40. The average Bonchev–Trinajstić information content (AvgIpc) is 2.87. The minimum Gasteiger partial charge on any atom is -0.390 e. The largest absolute Gasteiger partial charge is 0.390 e. The zero-order valence-corrected chi connectivity index (χ0v) is 18.2. The summed E-state index contributed by atoms with van der Waals surface area (Å²) in [6.45, 7) is 7.25. The first-order valence-corrected chi connectivity index (χ1v) is 11.0. The molecule has 0 bridgehead atoms. The first kappa shape index (κ1) is 21.2. The Morgan fingerprint density at radius 2 is 1.97 bits per heavy atom. The number of fused-ring (bicyclic) bond motifs is 5. The fourth-order valence-electron chi connectivity index (χ4n) is 7.85. The van der Waals surface area contributed by atoms with Crippen molar-refractivity contribution in [2.45, 2.75) is 70.8 Å². The molecule has 3 saturated carbocycles. The number of aliphatic hydroxyl groups excluding tert-OH is 1. The summed E-state index contributed by atoms with van der Waals surface area (Å²) < 4.78 is 17.3. The van der Waals surface area contributed by atoms with E-state index in [4.69, 9.17) is 11.6 Å². The van der Waals surface area contributed by atoms with Crippen molar-refractivity contribution >= 4 is 23.2 Å². The maximum absolute atomic E-state index is 17.3. The molecule has 0 aromatic heterocycles. The molecular weight excluding hydrogens is 395 g/mol. The number of carbonyl (C=O) groups excluding carboxylic acids is 2. The van der Waals surface area contributed by atoms with Crippen LogP contribution in [0.25, 0.3) is 0 Å². The second-order valence-corrected chi connectivity index (χ2v) is 10.7. The third kappa shape index (κ3) is 2.12. The van der Waals surface area contributed by atoms with Gasteiger partial charge >= 0.3 is 0 Å². The molecular formula is C23H30ClFO4. The molecule has 0 amide bonds. The van der Waals surface area contributed by atoms with Crippen LogP contribution < -0.4 is 0 Å². The SMILES string of the molecule is C[C@H]1C[C@H]2[C@]3(C)CCC4=CC(=O)C=C[C@]4(C)[C@@]3(F)[C@@H](O)C[C@]2(C)[C@@]1(O)C(=O)CCl. The Kier molecular flexibility index (Phi) is 4.40. The molecule has 0 unspecified atom stereocenters. The molecule has 0 radical (unpaired) electrons. The lowest BCUT2D eigenvalue weighted by Crippen LogP contribution is -2.73. The zero-order valence-electron chi connectivity index (χ0n) is 17.5. The van der Waals surface area contributed by atoms with Crippen molar-refractivity contribution in [3.63, 3.8) is 0 Å². The standard InChI is InChI=1S/C23H30ClFO4/c1-13-9-16-20(3)7-5-14-10-15(26)6-8-19(14,2)23(20,25)17(27)11-21(16,4)22(13,29)18(28)12-24/h6,8,10,13,16-17,27,29H,5,7,9,11-12H2,1-4H3/t13-,16-,17-,19-,20-,21-,22-,23-/m0/s1. The predicted octanol–water partition coefficient (Wildman–Crippen LogP) is 3.53. The Balaban J connectivity index is 1.90. The molecule has 0 spiro atoms. The second kappa shape index (κ2) is 6.02. The van der Waals surface area contributed by atoms with Gasteiger partial charge in [-0.05, 0) is 56.6 Å². The highest BCUT2D eigenvalue weighted by atomic mass is 35.5. The number of alkyl halides is 2. The quantitative estimate of drug-likeness (QED) is 0.665. The monoisotopic (exact) mass is 424 g/mol. The maximum atomic E-state index is 17.3. The molecule has 4 nitrogen and oxygen atoms in total. The fraction of sp³-hybridized carbons (Fsp3) is 0.739. The molecule has 2 N–H and O–H groups in total.